The Hall–Kier alpha value is -2.74. The molecule has 0 saturated carbocycles. The van der Waals surface area contributed by atoms with Gasteiger partial charge in [0, 0.05) is 11.1 Å². The lowest BCUT2D eigenvalue weighted by molar-refractivity contribution is 0.191. The molecule has 0 amide bonds. The second-order valence-corrected chi connectivity index (χ2v) is 5.86. The van der Waals surface area contributed by atoms with Crippen molar-refractivity contribution in [1.29, 1.82) is 0 Å². The van der Waals surface area contributed by atoms with Crippen LogP contribution >= 0.6 is 0 Å². The Morgan fingerprint density at radius 1 is 0.783 bits per heavy atom. The fraction of sp³-hybridized carbons (Fsp3) is 0.143. The average Bonchev–Trinajstić information content (AvgIpc) is 2.61. The molecule has 2 heteroatoms. The van der Waals surface area contributed by atoms with Crippen molar-refractivity contribution < 1.29 is 9.84 Å². The van der Waals surface area contributed by atoms with Gasteiger partial charge in [0.15, 0.2) is 0 Å². The third-order valence-corrected chi connectivity index (χ3v) is 4.42. The maximum Gasteiger partial charge on any atom is 0.128 e. The molecule has 114 valence electrons. The summed E-state index contributed by atoms with van der Waals surface area (Å²) < 4.78 is 6.24. The molecule has 1 aliphatic heterocycles. The van der Waals surface area contributed by atoms with Gasteiger partial charge in [-0.3, -0.25) is 0 Å². The molecule has 1 heterocycles. The Morgan fingerprint density at radius 2 is 1.48 bits per heavy atom. The predicted molar refractivity (Wildman–Crippen MR) is 91.7 cm³/mol. The summed E-state index contributed by atoms with van der Waals surface area (Å²) >= 11 is 0. The van der Waals surface area contributed by atoms with Gasteiger partial charge in [-0.1, -0.05) is 60.7 Å². The van der Waals surface area contributed by atoms with E-state index in [1.54, 1.807) is 6.07 Å². The number of aryl methyl sites for hydroxylation is 1. The molecule has 1 N–H and O–H groups in total. The van der Waals surface area contributed by atoms with Crippen molar-refractivity contribution in [1.82, 2.24) is 0 Å². The van der Waals surface area contributed by atoms with Crippen molar-refractivity contribution in [2.75, 3.05) is 0 Å². The maximum absolute atomic E-state index is 9.95. The van der Waals surface area contributed by atoms with Crippen LogP contribution in [-0.4, -0.2) is 5.11 Å². The molecule has 1 unspecified atom stereocenters. The SMILES string of the molecule is Oc1ccccc1CCC1Oc2ccccc2-c2ccccc21. The Balaban J connectivity index is 1.65. The second-order valence-electron chi connectivity index (χ2n) is 5.86. The van der Waals surface area contributed by atoms with Crippen LogP contribution in [0.15, 0.2) is 72.8 Å². The molecular formula is C21H18O2. The zero-order chi connectivity index (χ0) is 15.6. The van der Waals surface area contributed by atoms with Crippen molar-refractivity contribution in [2.45, 2.75) is 18.9 Å². The topological polar surface area (TPSA) is 29.5 Å². The normalized spacial score (nSPS) is 15.4. The van der Waals surface area contributed by atoms with Crippen LogP contribution < -0.4 is 4.74 Å². The van der Waals surface area contributed by atoms with E-state index in [9.17, 15) is 5.11 Å². The molecule has 3 aromatic carbocycles. The molecule has 0 aliphatic carbocycles. The van der Waals surface area contributed by atoms with Crippen LogP contribution in [0.3, 0.4) is 0 Å². The van der Waals surface area contributed by atoms with Crippen LogP contribution in [0.1, 0.15) is 23.7 Å². The first-order chi connectivity index (χ1) is 11.3. The summed E-state index contributed by atoms with van der Waals surface area (Å²) in [5.74, 6) is 1.30. The van der Waals surface area contributed by atoms with Gasteiger partial charge in [-0.25, -0.2) is 0 Å². The third-order valence-electron chi connectivity index (χ3n) is 4.42. The minimum atomic E-state index is 0.0145. The molecule has 0 saturated heterocycles. The van der Waals surface area contributed by atoms with Gasteiger partial charge in [-0.15, -0.1) is 0 Å². The molecule has 2 nitrogen and oxygen atoms in total. The minimum absolute atomic E-state index is 0.0145. The van der Waals surface area contributed by atoms with Gasteiger partial charge in [0.05, 0.1) is 0 Å². The number of phenolic OH excluding ortho intramolecular Hbond substituents is 1. The highest BCUT2D eigenvalue weighted by Gasteiger charge is 2.25. The smallest absolute Gasteiger partial charge is 0.128 e. The van der Waals surface area contributed by atoms with Gasteiger partial charge in [0.1, 0.15) is 17.6 Å². The van der Waals surface area contributed by atoms with Crippen LogP contribution in [0.5, 0.6) is 11.5 Å². The number of phenols is 1. The van der Waals surface area contributed by atoms with Crippen LogP contribution in [0.2, 0.25) is 0 Å². The number of fused-ring (bicyclic) bond motifs is 3. The van der Waals surface area contributed by atoms with Gasteiger partial charge < -0.3 is 9.84 Å². The van der Waals surface area contributed by atoms with E-state index in [0.717, 1.165) is 29.7 Å². The molecule has 0 bridgehead atoms. The van der Waals surface area contributed by atoms with E-state index in [4.69, 9.17) is 4.74 Å². The molecule has 0 spiro atoms. The zero-order valence-electron chi connectivity index (χ0n) is 12.8. The average molecular weight is 302 g/mol. The van der Waals surface area contributed by atoms with Crippen molar-refractivity contribution in [3.63, 3.8) is 0 Å². The number of para-hydroxylation sites is 2. The first-order valence-electron chi connectivity index (χ1n) is 7.95. The highest BCUT2D eigenvalue weighted by Crippen LogP contribution is 2.43. The molecule has 1 aliphatic rings. The Morgan fingerprint density at radius 3 is 2.35 bits per heavy atom. The first kappa shape index (κ1) is 13.9. The summed E-state index contributed by atoms with van der Waals surface area (Å²) in [6, 6.07) is 24.1. The summed E-state index contributed by atoms with van der Waals surface area (Å²) in [6.07, 6.45) is 1.64. The zero-order valence-corrected chi connectivity index (χ0v) is 12.8. The summed E-state index contributed by atoms with van der Waals surface area (Å²) in [7, 11) is 0. The number of ether oxygens (including phenoxy) is 1. The van der Waals surface area contributed by atoms with E-state index in [1.165, 1.54) is 11.1 Å². The van der Waals surface area contributed by atoms with Crippen LogP contribution in [0, 0.1) is 0 Å². The highest BCUT2D eigenvalue weighted by molar-refractivity contribution is 5.75. The molecule has 0 fully saturated rings. The van der Waals surface area contributed by atoms with Crippen LogP contribution in [0.4, 0.5) is 0 Å². The van der Waals surface area contributed by atoms with E-state index in [-0.39, 0.29) is 6.10 Å². The van der Waals surface area contributed by atoms with Gasteiger partial charge in [-0.2, -0.15) is 0 Å². The summed E-state index contributed by atoms with van der Waals surface area (Å²) in [4.78, 5) is 0. The second kappa shape index (κ2) is 5.81. The number of hydrogen-bond acceptors (Lipinski definition) is 2. The molecule has 3 aromatic rings. The van der Waals surface area contributed by atoms with E-state index >= 15 is 0 Å². The fourth-order valence-electron chi connectivity index (χ4n) is 3.25. The van der Waals surface area contributed by atoms with Crippen molar-refractivity contribution in [2.24, 2.45) is 0 Å². The lowest BCUT2D eigenvalue weighted by atomic mass is 9.90. The third kappa shape index (κ3) is 2.57. The molecule has 0 radical (unpaired) electrons. The lowest BCUT2D eigenvalue weighted by Gasteiger charge is -2.29. The molecule has 4 rings (SSSR count). The lowest BCUT2D eigenvalue weighted by Crippen LogP contribution is -2.14. The van der Waals surface area contributed by atoms with Crippen molar-refractivity contribution >= 4 is 0 Å². The molecule has 0 aromatic heterocycles. The standard InChI is InChI=1S/C21H18O2/c22-19-11-5-1-7-15(19)13-14-21-18-9-3-2-8-16(18)17-10-4-6-12-20(17)23-21/h1-12,21-22H,13-14H2. The highest BCUT2D eigenvalue weighted by atomic mass is 16.5. The van der Waals surface area contributed by atoms with Crippen LogP contribution in [-0.2, 0) is 6.42 Å². The van der Waals surface area contributed by atoms with Crippen molar-refractivity contribution in [3.8, 4) is 22.6 Å². The van der Waals surface area contributed by atoms with E-state index < -0.39 is 0 Å². The number of aromatic hydroxyl groups is 1. The van der Waals surface area contributed by atoms with Gasteiger partial charge in [-0.05, 0) is 36.1 Å². The quantitative estimate of drug-likeness (QED) is 0.727. The molecule has 23 heavy (non-hydrogen) atoms. The molecular weight excluding hydrogens is 284 g/mol. The summed E-state index contributed by atoms with van der Waals surface area (Å²) in [5.41, 5.74) is 4.59. The monoisotopic (exact) mass is 302 g/mol. The Bertz CT molecular complexity index is 839. The Kier molecular flexibility index (Phi) is 3.51. The summed E-state index contributed by atoms with van der Waals surface area (Å²) in [5, 5.41) is 9.95. The van der Waals surface area contributed by atoms with Gasteiger partial charge >= 0.3 is 0 Å². The van der Waals surface area contributed by atoms with Crippen molar-refractivity contribution in [3.05, 3.63) is 83.9 Å². The Labute approximate surface area is 136 Å². The van der Waals surface area contributed by atoms with E-state index in [2.05, 4.69) is 30.3 Å². The van der Waals surface area contributed by atoms with Gasteiger partial charge in [0.25, 0.3) is 0 Å². The van der Waals surface area contributed by atoms with Crippen LogP contribution in [0.25, 0.3) is 11.1 Å². The minimum Gasteiger partial charge on any atom is -0.508 e. The number of hydrogen-bond donors (Lipinski definition) is 1. The fourth-order valence-corrected chi connectivity index (χ4v) is 3.25. The molecule has 1 atom stereocenters. The number of benzene rings is 3. The maximum atomic E-state index is 9.95. The largest absolute Gasteiger partial charge is 0.508 e. The predicted octanol–water partition coefficient (Wildman–Crippen LogP) is 5.13. The van der Waals surface area contributed by atoms with E-state index in [0.29, 0.717) is 5.75 Å². The first-order valence-corrected chi connectivity index (χ1v) is 7.95. The summed E-state index contributed by atoms with van der Waals surface area (Å²) in [6.45, 7) is 0. The van der Waals surface area contributed by atoms with E-state index in [1.807, 2.05) is 36.4 Å². The number of rotatable bonds is 3. The van der Waals surface area contributed by atoms with Gasteiger partial charge in [0.2, 0.25) is 0 Å².